The fourth-order valence-electron chi connectivity index (χ4n) is 2.64. The maximum absolute atomic E-state index is 12.7. The van der Waals surface area contributed by atoms with Crippen LogP contribution in [0.3, 0.4) is 0 Å². The van der Waals surface area contributed by atoms with Crippen molar-refractivity contribution in [2.45, 2.75) is 13.0 Å². The van der Waals surface area contributed by atoms with E-state index >= 15 is 0 Å². The largest absolute Gasteiger partial charge is 0.493 e. The van der Waals surface area contributed by atoms with Crippen LogP contribution in [0.15, 0.2) is 36.4 Å². The van der Waals surface area contributed by atoms with E-state index in [9.17, 15) is 9.59 Å². The number of hydrogen-bond donors (Lipinski definition) is 3. The molecule has 0 unspecified atom stereocenters. The van der Waals surface area contributed by atoms with Crippen molar-refractivity contribution in [3.8, 4) is 17.2 Å². The van der Waals surface area contributed by atoms with Crippen LogP contribution in [-0.2, 0) is 0 Å². The molecule has 2 aromatic rings. The Labute approximate surface area is 157 Å². The molecule has 2 aromatic carbocycles. The number of primary amides is 1. The Morgan fingerprint density at radius 2 is 1.56 bits per heavy atom. The van der Waals surface area contributed by atoms with Crippen molar-refractivity contribution in [1.82, 2.24) is 5.32 Å². The number of urea groups is 1. The molecule has 4 N–H and O–H groups in total. The van der Waals surface area contributed by atoms with Gasteiger partial charge in [0.15, 0.2) is 11.5 Å². The standard InChI is InChI=1S/C19H23N3O5/c1-11(12-5-7-13(8-6-12)22-19(20)24)21-18(23)14-9-10-15(25-2)17(27-4)16(14)26-3/h5-11H,1-4H3,(H,21,23)(H3,20,22,24)/t11-/m1/s1. The zero-order valence-corrected chi connectivity index (χ0v) is 15.7. The van der Waals surface area contributed by atoms with Gasteiger partial charge in [-0.25, -0.2) is 4.79 Å². The summed E-state index contributed by atoms with van der Waals surface area (Å²) in [6.07, 6.45) is 0. The molecule has 27 heavy (non-hydrogen) atoms. The number of ether oxygens (including phenoxy) is 3. The quantitative estimate of drug-likeness (QED) is 0.691. The van der Waals surface area contributed by atoms with Crippen LogP contribution in [0.2, 0.25) is 0 Å². The molecule has 0 saturated heterocycles. The summed E-state index contributed by atoms with van der Waals surface area (Å²) in [5.41, 5.74) is 6.85. The number of amides is 3. The number of nitrogens with two attached hydrogens (primary N) is 1. The van der Waals surface area contributed by atoms with Gasteiger partial charge in [-0.2, -0.15) is 0 Å². The van der Waals surface area contributed by atoms with E-state index < -0.39 is 6.03 Å². The monoisotopic (exact) mass is 373 g/mol. The van der Waals surface area contributed by atoms with E-state index in [0.717, 1.165) is 5.56 Å². The number of carbonyl (C=O) groups excluding carboxylic acids is 2. The molecule has 8 heteroatoms. The van der Waals surface area contributed by atoms with Crippen molar-refractivity contribution in [3.05, 3.63) is 47.5 Å². The number of methoxy groups -OCH3 is 3. The second kappa shape index (κ2) is 8.79. The molecule has 3 amide bonds. The summed E-state index contributed by atoms with van der Waals surface area (Å²) in [5, 5.41) is 5.39. The predicted molar refractivity (Wildman–Crippen MR) is 102 cm³/mol. The van der Waals surface area contributed by atoms with Crippen molar-refractivity contribution in [1.29, 1.82) is 0 Å². The summed E-state index contributed by atoms with van der Waals surface area (Å²) >= 11 is 0. The maximum Gasteiger partial charge on any atom is 0.316 e. The van der Waals surface area contributed by atoms with Crippen molar-refractivity contribution in [2.24, 2.45) is 5.73 Å². The minimum Gasteiger partial charge on any atom is -0.493 e. The van der Waals surface area contributed by atoms with Gasteiger partial charge in [0, 0.05) is 5.69 Å². The second-order valence-electron chi connectivity index (χ2n) is 5.69. The van der Waals surface area contributed by atoms with Gasteiger partial charge in [-0.1, -0.05) is 12.1 Å². The van der Waals surface area contributed by atoms with Crippen molar-refractivity contribution >= 4 is 17.6 Å². The lowest BCUT2D eigenvalue weighted by molar-refractivity contribution is 0.0936. The topological polar surface area (TPSA) is 112 Å². The molecule has 0 aromatic heterocycles. The molecule has 2 rings (SSSR count). The highest BCUT2D eigenvalue weighted by molar-refractivity contribution is 5.98. The first-order valence-corrected chi connectivity index (χ1v) is 8.17. The fourth-order valence-corrected chi connectivity index (χ4v) is 2.64. The third-order valence-electron chi connectivity index (χ3n) is 3.97. The Hall–Kier alpha value is -3.42. The number of rotatable bonds is 7. The van der Waals surface area contributed by atoms with E-state index in [4.69, 9.17) is 19.9 Å². The van der Waals surface area contributed by atoms with E-state index in [1.807, 2.05) is 6.92 Å². The van der Waals surface area contributed by atoms with Crippen LogP contribution in [0, 0.1) is 0 Å². The van der Waals surface area contributed by atoms with E-state index in [1.54, 1.807) is 36.4 Å². The minimum atomic E-state index is -0.635. The molecular formula is C19H23N3O5. The molecule has 0 radical (unpaired) electrons. The molecule has 144 valence electrons. The first kappa shape index (κ1) is 19.9. The third-order valence-corrected chi connectivity index (χ3v) is 3.97. The van der Waals surface area contributed by atoms with Crippen LogP contribution in [0.25, 0.3) is 0 Å². The molecule has 0 bridgehead atoms. The summed E-state index contributed by atoms with van der Waals surface area (Å²) in [6, 6.07) is 9.35. The Morgan fingerprint density at radius 1 is 0.926 bits per heavy atom. The van der Waals surface area contributed by atoms with E-state index in [0.29, 0.717) is 28.5 Å². The lowest BCUT2D eigenvalue weighted by atomic mass is 10.1. The highest BCUT2D eigenvalue weighted by Crippen LogP contribution is 2.39. The zero-order chi connectivity index (χ0) is 20.0. The number of anilines is 1. The molecule has 0 heterocycles. The predicted octanol–water partition coefficient (Wildman–Crippen LogP) is 2.69. The van der Waals surface area contributed by atoms with Crippen LogP contribution in [-0.4, -0.2) is 33.3 Å². The van der Waals surface area contributed by atoms with Crippen LogP contribution in [0.4, 0.5) is 10.5 Å². The van der Waals surface area contributed by atoms with Crippen LogP contribution in [0.1, 0.15) is 28.9 Å². The molecule has 0 aliphatic heterocycles. The van der Waals surface area contributed by atoms with Gasteiger partial charge >= 0.3 is 6.03 Å². The normalized spacial score (nSPS) is 11.3. The van der Waals surface area contributed by atoms with Crippen LogP contribution < -0.4 is 30.6 Å². The van der Waals surface area contributed by atoms with Crippen LogP contribution in [0.5, 0.6) is 17.2 Å². The molecule has 0 spiro atoms. The van der Waals surface area contributed by atoms with Gasteiger partial charge in [-0.15, -0.1) is 0 Å². The van der Waals surface area contributed by atoms with E-state index in [1.165, 1.54) is 21.3 Å². The molecule has 0 aliphatic rings. The highest BCUT2D eigenvalue weighted by atomic mass is 16.5. The first-order chi connectivity index (χ1) is 12.9. The lowest BCUT2D eigenvalue weighted by Crippen LogP contribution is -2.27. The van der Waals surface area contributed by atoms with Gasteiger partial charge < -0.3 is 30.6 Å². The highest BCUT2D eigenvalue weighted by Gasteiger charge is 2.22. The zero-order valence-electron chi connectivity index (χ0n) is 15.7. The molecular weight excluding hydrogens is 350 g/mol. The van der Waals surface area contributed by atoms with Gasteiger partial charge in [-0.3, -0.25) is 4.79 Å². The van der Waals surface area contributed by atoms with E-state index in [2.05, 4.69) is 10.6 Å². The molecule has 8 nitrogen and oxygen atoms in total. The van der Waals surface area contributed by atoms with Gasteiger partial charge in [0.05, 0.1) is 32.9 Å². The Kier molecular flexibility index (Phi) is 6.48. The van der Waals surface area contributed by atoms with E-state index in [-0.39, 0.29) is 11.9 Å². The summed E-state index contributed by atoms with van der Waals surface area (Å²) in [7, 11) is 4.45. The number of benzene rings is 2. The molecule has 0 saturated carbocycles. The number of nitrogens with one attached hydrogen (secondary N) is 2. The SMILES string of the molecule is COc1ccc(C(=O)N[C@H](C)c2ccc(NC(N)=O)cc2)c(OC)c1OC. The maximum atomic E-state index is 12.7. The summed E-state index contributed by atoms with van der Waals surface area (Å²) in [6.45, 7) is 1.85. The van der Waals surface area contributed by atoms with Crippen molar-refractivity contribution in [3.63, 3.8) is 0 Å². The third kappa shape index (κ3) is 4.60. The summed E-state index contributed by atoms with van der Waals surface area (Å²) < 4.78 is 15.9. The van der Waals surface area contributed by atoms with Crippen molar-refractivity contribution in [2.75, 3.05) is 26.6 Å². The fraction of sp³-hybridized carbons (Fsp3) is 0.263. The minimum absolute atomic E-state index is 0.280. The van der Waals surface area contributed by atoms with Gasteiger partial charge in [-0.05, 0) is 36.8 Å². The Bertz CT molecular complexity index is 821. The first-order valence-electron chi connectivity index (χ1n) is 8.17. The molecule has 0 aliphatic carbocycles. The Balaban J connectivity index is 2.20. The summed E-state index contributed by atoms with van der Waals surface area (Å²) in [4.78, 5) is 23.6. The lowest BCUT2D eigenvalue weighted by Gasteiger charge is -2.18. The van der Waals surface area contributed by atoms with Crippen LogP contribution >= 0.6 is 0 Å². The smallest absolute Gasteiger partial charge is 0.316 e. The summed E-state index contributed by atoms with van der Waals surface area (Å²) in [5.74, 6) is 0.792. The van der Waals surface area contributed by atoms with Gasteiger partial charge in [0.25, 0.3) is 5.91 Å². The molecule has 0 fully saturated rings. The number of hydrogen-bond acceptors (Lipinski definition) is 5. The average Bonchev–Trinajstić information content (AvgIpc) is 2.66. The number of carbonyl (C=O) groups is 2. The van der Waals surface area contributed by atoms with Gasteiger partial charge in [0.2, 0.25) is 5.75 Å². The second-order valence-corrected chi connectivity index (χ2v) is 5.69. The van der Waals surface area contributed by atoms with Gasteiger partial charge in [0.1, 0.15) is 0 Å². The average molecular weight is 373 g/mol. The van der Waals surface area contributed by atoms with Crippen molar-refractivity contribution < 1.29 is 23.8 Å². The molecule has 1 atom stereocenters. The Morgan fingerprint density at radius 3 is 2.07 bits per heavy atom.